The van der Waals surface area contributed by atoms with Crippen molar-refractivity contribution in [2.24, 2.45) is 0 Å². The number of ether oxygens (including phenoxy) is 1. The second kappa shape index (κ2) is 4.00. The van der Waals surface area contributed by atoms with Crippen LogP contribution in [0, 0.1) is 5.82 Å². The minimum absolute atomic E-state index is 0.199. The number of anilines is 1. The molecular formula is C10H9FN2O2. The van der Waals surface area contributed by atoms with Crippen molar-refractivity contribution in [3.05, 3.63) is 41.8 Å². The van der Waals surface area contributed by atoms with Crippen molar-refractivity contribution in [3.8, 4) is 5.75 Å². The number of hydrogen-bond acceptors (Lipinski definition) is 4. The van der Waals surface area contributed by atoms with Crippen LogP contribution in [-0.4, -0.2) is 5.16 Å². The lowest BCUT2D eigenvalue weighted by Gasteiger charge is -2.02. The van der Waals surface area contributed by atoms with Gasteiger partial charge in [-0.15, -0.1) is 0 Å². The van der Waals surface area contributed by atoms with Crippen molar-refractivity contribution in [1.29, 1.82) is 0 Å². The van der Waals surface area contributed by atoms with Crippen molar-refractivity contribution >= 4 is 5.88 Å². The second-order valence-electron chi connectivity index (χ2n) is 2.97. The molecule has 0 saturated heterocycles. The molecule has 0 unspecified atom stereocenters. The maximum Gasteiger partial charge on any atom is 0.222 e. The lowest BCUT2D eigenvalue weighted by atomic mass is 10.3. The molecule has 1 aromatic carbocycles. The van der Waals surface area contributed by atoms with E-state index in [4.69, 9.17) is 10.5 Å². The van der Waals surface area contributed by atoms with Gasteiger partial charge in [0.05, 0.1) is 0 Å². The summed E-state index contributed by atoms with van der Waals surface area (Å²) in [4.78, 5) is 0. The predicted molar refractivity (Wildman–Crippen MR) is 51.6 cm³/mol. The number of nitrogens with zero attached hydrogens (tertiary/aromatic N) is 1. The SMILES string of the molecule is Nc1cc(COc2cccc(F)c2)no1. The van der Waals surface area contributed by atoms with Crippen molar-refractivity contribution in [1.82, 2.24) is 5.16 Å². The van der Waals surface area contributed by atoms with Crippen molar-refractivity contribution in [2.45, 2.75) is 6.61 Å². The molecule has 2 aromatic rings. The van der Waals surface area contributed by atoms with Gasteiger partial charge in [-0.2, -0.15) is 0 Å². The third-order valence-corrected chi connectivity index (χ3v) is 1.76. The van der Waals surface area contributed by atoms with Crippen LogP contribution >= 0.6 is 0 Å². The number of aromatic nitrogens is 1. The van der Waals surface area contributed by atoms with Gasteiger partial charge in [0.1, 0.15) is 23.9 Å². The normalized spacial score (nSPS) is 10.2. The van der Waals surface area contributed by atoms with Gasteiger partial charge in [0, 0.05) is 12.1 Å². The number of benzene rings is 1. The molecule has 0 aliphatic carbocycles. The maximum atomic E-state index is 12.8. The Morgan fingerprint density at radius 1 is 1.40 bits per heavy atom. The smallest absolute Gasteiger partial charge is 0.222 e. The van der Waals surface area contributed by atoms with E-state index in [9.17, 15) is 4.39 Å². The molecule has 1 heterocycles. The van der Waals surface area contributed by atoms with E-state index >= 15 is 0 Å². The second-order valence-corrected chi connectivity index (χ2v) is 2.97. The molecule has 0 saturated carbocycles. The first kappa shape index (κ1) is 9.51. The van der Waals surface area contributed by atoms with Crippen LogP contribution in [-0.2, 0) is 6.61 Å². The Hall–Kier alpha value is -2.04. The topological polar surface area (TPSA) is 61.3 Å². The molecule has 0 aliphatic rings. The quantitative estimate of drug-likeness (QED) is 0.837. The highest BCUT2D eigenvalue weighted by Crippen LogP contribution is 2.14. The summed E-state index contributed by atoms with van der Waals surface area (Å²) in [5, 5.41) is 3.63. The van der Waals surface area contributed by atoms with E-state index in [-0.39, 0.29) is 18.3 Å². The molecule has 0 amide bonds. The van der Waals surface area contributed by atoms with Crippen molar-refractivity contribution < 1.29 is 13.7 Å². The van der Waals surface area contributed by atoms with Gasteiger partial charge < -0.3 is 15.0 Å². The summed E-state index contributed by atoms with van der Waals surface area (Å²) in [5.74, 6) is 0.330. The van der Waals surface area contributed by atoms with Gasteiger partial charge >= 0.3 is 0 Å². The van der Waals surface area contributed by atoms with Crippen LogP contribution in [0.15, 0.2) is 34.9 Å². The molecule has 0 radical (unpaired) electrons. The fourth-order valence-corrected chi connectivity index (χ4v) is 1.11. The summed E-state index contributed by atoms with van der Waals surface area (Å²) in [7, 11) is 0. The molecule has 4 nitrogen and oxygen atoms in total. The van der Waals surface area contributed by atoms with Gasteiger partial charge in [0.25, 0.3) is 0 Å². The monoisotopic (exact) mass is 208 g/mol. The molecule has 2 rings (SSSR count). The lowest BCUT2D eigenvalue weighted by molar-refractivity contribution is 0.289. The molecule has 2 N–H and O–H groups in total. The zero-order valence-electron chi connectivity index (χ0n) is 7.81. The first-order valence-electron chi connectivity index (χ1n) is 4.33. The van der Waals surface area contributed by atoms with Crippen LogP contribution < -0.4 is 10.5 Å². The van der Waals surface area contributed by atoms with E-state index in [1.54, 1.807) is 18.2 Å². The zero-order valence-corrected chi connectivity index (χ0v) is 7.81. The standard InChI is InChI=1S/C10H9FN2O2/c11-7-2-1-3-9(4-7)14-6-8-5-10(12)15-13-8/h1-5H,6,12H2. The first-order valence-corrected chi connectivity index (χ1v) is 4.33. The van der Waals surface area contributed by atoms with Crippen LogP contribution in [0.1, 0.15) is 5.69 Å². The van der Waals surface area contributed by atoms with Crippen LogP contribution in [0.2, 0.25) is 0 Å². The van der Waals surface area contributed by atoms with Crippen LogP contribution in [0.3, 0.4) is 0 Å². The molecular weight excluding hydrogens is 199 g/mol. The van der Waals surface area contributed by atoms with Gasteiger partial charge in [-0.25, -0.2) is 4.39 Å². The summed E-state index contributed by atoms with van der Waals surface area (Å²) in [5.41, 5.74) is 5.89. The van der Waals surface area contributed by atoms with Gasteiger partial charge in [0.15, 0.2) is 0 Å². The molecule has 0 bridgehead atoms. The highest BCUT2D eigenvalue weighted by atomic mass is 19.1. The third-order valence-electron chi connectivity index (χ3n) is 1.76. The first-order chi connectivity index (χ1) is 7.24. The number of nitrogens with two attached hydrogens (primary N) is 1. The zero-order chi connectivity index (χ0) is 10.7. The summed E-state index contributed by atoms with van der Waals surface area (Å²) >= 11 is 0. The van der Waals surface area contributed by atoms with Crippen LogP contribution in [0.4, 0.5) is 10.3 Å². The number of nitrogen functional groups attached to an aromatic ring is 1. The van der Waals surface area contributed by atoms with E-state index < -0.39 is 0 Å². The number of halogens is 1. The Kier molecular flexibility index (Phi) is 2.53. The predicted octanol–water partition coefficient (Wildman–Crippen LogP) is 1.97. The largest absolute Gasteiger partial charge is 0.487 e. The summed E-state index contributed by atoms with van der Waals surface area (Å²) in [6.07, 6.45) is 0. The summed E-state index contributed by atoms with van der Waals surface area (Å²) in [6, 6.07) is 7.43. The van der Waals surface area contributed by atoms with E-state index in [1.165, 1.54) is 12.1 Å². The Morgan fingerprint density at radius 2 is 2.27 bits per heavy atom. The lowest BCUT2D eigenvalue weighted by Crippen LogP contribution is -1.95. The Morgan fingerprint density at radius 3 is 2.93 bits per heavy atom. The molecule has 0 atom stereocenters. The molecule has 0 aliphatic heterocycles. The minimum Gasteiger partial charge on any atom is -0.487 e. The van der Waals surface area contributed by atoms with Gasteiger partial charge in [-0.1, -0.05) is 11.2 Å². The van der Waals surface area contributed by atoms with E-state index in [1.807, 2.05) is 0 Å². The van der Waals surface area contributed by atoms with Gasteiger partial charge in [-0.3, -0.25) is 0 Å². The van der Waals surface area contributed by atoms with Crippen LogP contribution in [0.5, 0.6) is 5.75 Å². The van der Waals surface area contributed by atoms with Crippen molar-refractivity contribution in [2.75, 3.05) is 5.73 Å². The average Bonchev–Trinajstić information content (AvgIpc) is 2.62. The van der Waals surface area contributed by atoms with E-state index in [0.717, 1.165) is 0 Å². The molecule has 0 fully saturated rings. The van der Waals surface area contributed by atoms with Crippen molar-refractivity contribution in [3.63, 3.8) is 0 Å². The Balaban J connectivity index is 1.99. The fraction of sp³-hybridized carbons (Fsp3) is 0.100. The fourth-order valence-electron chi connectivity index (χ4n) is 1.11. The maximum absolute atomic E-state index is 12.8. The van der Waals surface area contributed by atoms with Gasteiger partial charge in [-0.05, 0) is 12.1 Å². The molecule has 15 heavy (non-hydrogen) atoms. The minimum atomic E-state index is -0.341. The van der Waals surface area contributed by atoms with E-state index in [2.05, 4.69) is 9.68 Å². The molecule has 1 aromatic heterocycles. The van der Waals surface area contributed by atoms with Gasteiger partial charge in [0.2, 0.25) is 5.88 Å². The highest BCUT2D eigenvalue weighted by molar-refractivity contribution is 5.25. The summed E-state index contributed by atoms with van der Waals surface area (Å²) in [6.45, 7) is 0.199. The molecule has 78 valence electrons. The third kappa shape index (κ3) is 2.46. The molecule has 0 spiro atoms. The highest BCUT2D eigenvalue weighted by Gasteiger charge is 2.02. The molecule has 5 heteroatoms. The average molecular weight is 208 g/mol. The Bertz CT molecular complexity index is 456. The number of rotatable bonds is 3. The van der Waals surface area contributed by atoms with Crippen LogP contribution in [0.25, 0.3) is 0 Å². The number of hydrogen-bond donors (Lipinski definition) is 1. The summed E-state index contributed by atoms with van der Waals surface area (Å²) < 4.78 is 22.7. The Labute approximate surface area is 85.4 Å². The van der Waals surface area contributed by atoms with E-state index in [0.29, 0.717) is 11.4 Å².